The van der Waals surface area contributed by atoms with E-state index in [1.807, 2.05) is 31.2 Å². The number of nitriles is 1. The van der Waals surface area contributed by atoms with E-state index < -0.39 is 5.54 Å². The van der Waals surface area contributed by atoms with Gasteiger partial charge in [0.2, 0.25) is 0 Å². The summed E-state index contributed by atoms with van der Waals surface area (Å²) < 4.78 is 5.60. The van der Waals surface area contributed by atoms with Crippen molar-refractivity contribution in [3.63, 3.8) is 0 Å². The van der Waals surface area contributed by atoms with Gasteiger partial charge in [-0.2, -0.15) is 5.26 Å². The molecule has 4 nitrogen and oxygen atoms in total. The largest absolute Gasteiger partial charge is 0.494 e. The first-order valence-corrected chi connectivity index (χ1v) is 7.31. The van der Waals surface area contributed by atoms with Crippen LogP contribution in [0.4, 0.5) is 0 Å². The molecule has 1 atom stereocenters. The third-order valence-corrected chi connectivity index (χ3v) is 3.86. The molecule has 0 radical (unpaired) electrons. The van der Waals surface area contributed by atoms with Crippen LogP contribution in [0.3, 0.4) is 0 Å². The summed E-state index contributed by atoms with van der Waals surface area (Å²) in [5, 5.41) is 13.0. The van der Waals surface area contributed by atoms with Gasteiger partial charge in [0.05, 0.1) is 12.7 Å². The van der Waals surface area contributed by atoms with Crippen molar-refractivity contribution >= 4 is 0 Å². The molecule has 1 saturated heterocycles. The van der Waals surface area contributed by atoms with E-state index in [0.29, 0.717) is 0 Å². The third-order valence-electron chi connectivity index (χ3n) is 3.86. The first kappa shape index (κ1) is 14.8. The zero-order chi connectivity index (χ0) is 14.4. The maximum atomic E-state index is 9.66. The van der Waals surface area contributed by atoms with Crippen molar-refractivity contribution in [2.45, 2.75) is 25.8 Å². The van der Waals surface area contributed by atoms with Crippen molar-refractivity contribution in [1.29, 1.82) is 5.26 Å². The highest BCUT2D eigenvalue weighted by molar-refractivity contribution is 5.35. The highest BCUT2D eigenvalue weighted by Crippen LogP contribution is 2.29. The van der Waals surface area contributed by atoms with Gasteiger partial charge >= 0.3 is 0 Å². The Labute approximate surface area is 121 Å². The average Bonchev–Trinajstić information content (AvgIpc) is 2.53. The molecule has 1 N–H and O–H groups in total. The molecular weight excluding hydrogens is 250 g/mol. The molecule has 1 aromatic rings. The van der Waals surface area contributed by atoms with E-state index in [-0.39, 0.29) is 0 Å². The molecule has 1 fully saturated rings. The molecule has 4 heteroatoms. The quantitative estimate of drug-likeness (QED) is 0.892. The summed E-state index contributed by atoms with van der Waals surface area (Å²) in [6, 6.07) is 10.4. The smallest absolute Gasteiger partial charge is 0.132 e. The van der Waals surface area contributed by atoms with E-state index >= 15 is 0 Å². The molecule has 0 aromatic heterocycles. The molecule has 2 rings (SSSR count). The van der Waals surface area contributed by atoms with E-state index in [2.05, 4.69) is 23.2 Å². The maximum absolute atomic E-state index is 9.66. The van der Waals surface area contributed by atoms with Gasteiger partial charge in [0, 0.05) is 26.2 Å². The van der Waals surface area contributed by atoms with Crippen LogP contribution in [0.15, 0.2) is 24.3 Å². The van der Waals surface area contributed by atoms with Crippen LogP contribution >= 0.6 is 0 Å². The van der Waals surface area contributed by atoms with E-state index in [9.17, 15) is 5.26 Å². The minimum Gasteiger partial charge on any atom is -0.494 e. The highest BCUT2D eigenvalue weighted by Gasteiger charge is 2.34. The van der Waals surface area contributed by atoms with Crippen molar-refractivity contribution < 1.29 is 4.74 Å². The number of nitrogens with zero attached hydrogens (tertiary/aromatic N) is 2. The van der Waals surface area contributed by atoms with Gasteiger partial charge in [-0.05, 0) is 31.0 Å². The highest BCUT2D eigenvalue weighted by atomic mass is 16.5. The Morgan fingerprint density at radius 2 is 1.95 bits per heavy atom. The fourth-order valence-electron chi connectivity index (χ4n) is 2.53. The lowest BCUT2D eigenvalue weighted by molar-refractivity contribution is 0.132. The molecule has 0 saturated carbocycles. The second-order valence-corrected chi connectivity index (χ2v) is 5.29. The number of nitrogens with one attached hydrogen (secondary N) is 1. The first-order chi connectivity index (χ1) is 9.70. The standard InChI is InChI=1S/C16H23N3O/c1-3-12-20-15-6-4-14(5-7-15)16(2,13-17)19-10-8-18-9-11-19/h4-7,18H,3,8-12H2,1-2H3. The summed E-state index contributed by atoms with van der Waals surface area (Å²) in [5.74, 6) is 0.871. The monoisotopic (exact) mass is 273 g/mol. The Balaban J connectivity index is 2.16. The molecule has 0 amide bonds. The molecule has 0 spiro atoms. The third kappa shape index (κ3) is 3.12. The summed E-state index contributed by atoms with van der Waals surface area (Å²) in [6.07, 6.45) is 0.998. The van der Waals surface area contributed by atoms with Crippen LogP contribution in [0.25, 0.3) is 0 Å². The van der Waals surface area contributed by atoms with Gasteiger partial charge in [-0.15, -0.1) is 0 Å². The maximum Gasteiger partial charge on any atom is 0.132 e. The van der Waals surface area contributed by atoms with Crippen molar-refractivity contribution in [3.8, 4) is 11.8 Å². The van der Waals surface area contributed by atoms with E-state index in [1.54, 1.807) is 0 Å². The fraction of sp³-hybridized carbons (Fsp3) is 0.562. The average molecular weight is 273 g/mol. The molecular formula is C16H23N3O. The zero-order valence-corrected chi connectivity index (χ0v) is 12.4. The molecule has 1 unspecified atom stereocenters. The van der Waals surface area contributed by atoms with Gasteiger partial charge in [0.15, 0.2) is 0 Å². The molecule has 0 aliphatic carbocycles. The molecule has 108 valence electrons. The van der Waals surface area contributed by atoms with Gasteiger partial charge in [0.1, 0.15) is 11.3 Å². The molecule has 1 aliphatic heterocycles. The summed E-state index contributed by atoms with van der Waals surface area (Å²) >= 11 is 0. The Morgan fingerprint density at radius 3 is 2.50 bits per heavy atom. The second-order valence-electron chi connectivity index (χ2n) is 5.29. The second kappa shape index (κ2) is 6.74. The van der Waals surface area contributed by atoms with Crippen LogP contribution in [-0.2, 0) is 5.54 Å². The van der Waals surface area contributed by atoms with E-state index in [1.165, 1.54) is 0 Å². The summed E-state index contributed by atoms with van der Waals surface area (Å²) in [7, 11) is 0. The molecule has 1 heterocycles. The Bertz CT molecular complexity index is 460. The molecule has 0 bridgehead atoms. The van der Waals surface area contributed by atoms with Gasteiger partial charge in [0.25, 0.3) is 0 Å². The van der Waals surface area contributed by atoms with Crippen molar-refractivity contribution in [2.75, 3.05) is 32.8 Å². The van der Waals surface area contributed by atoms with Crippen molar-refractivity contribution in [1.82, 2.24) is 10.2 Å². The molecule has 1 aliphatic rings. The topological polar surface area (TPSA) is 48.3 Å². The minimum absolute atomic E-state index is 0.564. The normalized spacial score (nSPS) is 19.1. The summed E-state index contributed by atoms with van der Waals surface area (Å²) in [5.41, 5.74) is 0.469. The van der Waals surface area contributed by atoms with E-state index in [0.717, 1.165) is 50.5 Å². The van der Waals surface area contributed by atoms with Crippen LogP contribution in [0.1, 0.15) is 25.8 Å². The van der Waals surface area contributed by atoms with Crippen LogP contribution in [-0.4, -0.2) is 37.7 Å². The number of benzene rings is 1. The minimum atomic E-state index is -0.564. The fourth-order valence-corrected chi connectivity index (χ4v) is 2.53. The zero-order valence-electron chi connectivity index (χ0n) is 12.4. The Kier molecular flexibility index (Phi) is 4.99. The van der Waals surface area contributed by atoms with E-state index in [4.69, 9.17) is 4.74 Å². The first-order valence-electron chi connectivity index (χ1n) is 7.31. The lowest BCUT2D eigenvalue weighted by atomic mass is 9.91. The van der Waals surface area contributed by atoms with Gasteiger partial charge in [-0.25, -0.2) is 0 Å². The van der Waals surface area contributed by atoms with Crippen LogP contribution < -0.4 is 10.1 Å². The van der Waals surface area contributed by atoms with Crippen molar-refractivity contribution in [2.24, 2.45) is 0 Å². The SMILES string of the molecule is CCCOc1ccc(C(C)(C#N)N2CCNCC2)cc1. The van der Waals surface area contributed by atoms with Crippen LogP contribution in [0.2, 0.25) is 0 Å². The van der Waals surface area contributed by atoms with Gasteiger partial charge < -0.3 is 10.1 Å². The Morgan fingerprint density at radius 1 is 1.30 bits per heavy atom. The number of piperazine rings is 1. The molecule has 20 heavy (non-hydrogen) atoms. The predicted molar refractivity (Wildman–Crippen MR) is 79.6 cm³/mol. The number of ether oxygens (including phenoxy) is 1. The van der Waals surface area contributed by atoms with Crippen molar-refractivity contribution in [3.05, 3.63) is 29.8 Å². The number of hydrogen-bond acceptors (Lipinski definition) is 4. The molecule has 1 aromatic carbocycles. The predicted octanol–water partition coefficient (Wildman–Crippen LogP) is 2.12. The number of rotatable bonds is 5. The summed E-state index contributed by atoms with van der Waals surface area (Å²) in [4.78, 5) is 2.24. The van der Waals surface area contributed by atoms with Crippen LogP contribution in [0, 0.1) is 11.3 Å². The lowest BCUT2D eigenvalue weighted by Gasteiger charge is -2.39. The Hall–Kier alpha value is -1.57. The summed E-state index contributed by atoms with van der Waals surface area (Å²) in [6.45, 7) is 8.50. The van der Waals surface area contributed by atoms with Crippen LogP contribution in [0.5, 0.6) is 5.75 Å². The van der Waals surface area contributed by atoms with Gasteiger partial charge in [-0.3, -0.25) is 4.90 Å². The number of hydrogen-bond donors (Lipinski definition) is 1. The lowest BCUT2D eigenvalue weighted by Crippen LogP contribution is -2.52. The van der Waals surface area contributed by atoms with Gasteiger partial charge in [-0.1, -0.05) is 19.1 Å².